The van der Waals surface area contributed by atoms with Gasteiger partial charge in [-0.05, 0) is 25.1 Å². The molecule has 0 aliphatic heterocycles. The highest BCUT2D eigenvalue weighted by molar-refractivity contribution is 7.99. The fourth-order valence-electron chi connectivity index (χ4n) is 1.48. The quantitative estimate of drug-likeness (QED) is 0.667. The van der Waals surface area contributed by atoms with Crippen molar-refractivity contribution in [1.82, 2.24) is 15.0 Å². The molecular weight excluding hydrogens is 262 g/mol. The molecule has 2 aromatic heterocycles. The molecule has 0 saturated carbocycles. The zero-order chi connectivity index (χ0) is 13.7. The molecule has 2 aromatic rings. The number of pyridine rings is 1. The summed E-state index contributed by atoms with van der Waals surface area (Å²) in [5, 5.41) is 9.20. The highest BCUT2D eigenvalue weighted by atomic mass is 32.2. The Morgan fingerprint density at radius 3 is 2.84 bits per heavy atom. The second-order valence-electron chi connectivity index (χ2n) is 3.88. The topological polar surface area (TPSA) is 76.0 Å². The van der Waals surface area contributed by atoms with Crippen LogP contribution in [0.5, 0.6) is 0 Å². The molecule has 0 fully saturated rings. The first-order valence-electron chi connectivity index (χ1n) is 5.77. The number of aryl methyl sites for hydroxylation is 1. The van der Waals surface area contributed by atoms with Crippen LogP contribution in [-0.4, -0.2) is 31.8 Å². The van der Waals surface area contributed by atoms with Crippen molar-refractivity contribution < 1.29 is 9.90 Å². The smallest absolute Gasteiger partial charge is 0.304 e. The van der Waals surface area contributed by atoms with Crippen LogP contribution < -0.4 is 0 Å². The van der Waals surface area contributed by atoms with Crippen LogP contribution in [0.3, 0.4) is 0 Å². The van der Waals surface area contributed by atoms with Crippen LogP contribution in [0.25, 0.3) is 11.4 Å². The van der Waals surface area contributed by atoms with E-state index in [1.165, 1.54) is 11.8 Å². The van der Waals surface area contributed by atoms with E-state index >= 15 is 0 Å². The van der Waals surface area contributed by atoms with Crippen molar-refractivity contribution in [2.24, 2.45) is 0 Å². The van der Waals surface area contributed by atoms with E-state index in [-0.39, 0.29) is 6.42 Å². The maximum atomic E-state index is 10.5. The molecule has 0 unspecified atom stereocenters. The normalized spacial score (nSPS) is 10.4. The van der Waals surface area contributed by atoms with Crippen molar-refractivity contribution in [1.29, 1.82) is 0 Å². The average Bonchev–Trinajstić information content (AvgIpc) is 2.39. The SMILES string of the molecule is Cc1cc(-c2ccccn2)nc(SCCC(=O)O)n1. The van der Waals surface area contributed by atoms with Crippen molar-refractivity contribution in [3.05, 3.63) is 36.2 Å². The molecule has 2 rings (SSSR count). The summed E-state index contributed by atoms with van der Waals surface area (Å²) >= 11 is 1.34. The van der Waals surface area contributed by atoms with E-state index < -0.39 is 5.97 Å². The summed E-state index contributed by atoms with van der Waals surface area (Å²) in [5.74, 6) is -0.356. The van der Waals surface area contributed by atoms with Gasteiger partial charge in [0.1, 0.15) is 0 Å². The van der Waals surface area contributed by atoms with Gasteiger partial charge in [-0.3, -0.25) is 9.78 Å². The number of carboxylic acids is 1. The minimum Gasteiger partial charge on any atom is -0.481 e. The Bertz CT molecular complexity index is 575. The van der Waals surface area contributed by atoms with Gasteiger partial charge in [0.05, 0.1) is 17.8 Å². The third kappa shape index (κ3) is 4.03. The molecule has 0 amide bonds. The van der Waals surface area contributed by atoms with Crippen molar-refractivity contribution in [2.45, 2.75) is 18.5 Å². The molecule has 5 nitrogen and oxygen atoms in total. The summed E-state index contributed by atoms with van der Waals surface area (Å²) in [4.78, 5) is 23.4. The Hall–Kier alpha value is -1.95. The fourth-order valence-corrected chi connectivity index (χ4v) is 2.31. The van der Waals surface area contributed by atoms with Crippen LogP contribution in [0.2, 0.25) is 0 Å². The highest BCUT2D eigenvalue weighted by Gasteiger charge is 2.07. The Balaban J connectivity index is 2.18. The number of hydrogen-bond donors (Lipinski definition) is 1. The van der Waals surface area contributed by atoms with Gasteiger partial charge in [-0.2, -0.15) is 0 Å². The van der Waals surface area contributed by atoms with Crippen molar-refractivity contribution in [3.63, 3.8) is 0 Å². The lowest BCUT2D eigenvalue weighted by Gasteiger charge is -2.04. The molecule has 0 saturated heterocycles. The van der Waals surface area contributed by atoms with E-state index in [1.54, 1.807) is 6.20 Å². The minimum atomic E-state index is -0.815. The van der Waals surface area contributed by atoms with E-state index in [2.05, 4.69) is 15.0 Å². The monoisotopic (exact) mass is 275 g/mol. The molecule has 6 heteroatoms. The van der Waals surface area contributed by atoms with Gasteiger partial charge in [0.25, 0.3) is 0 Å². The first kappa shape index (κ1) is 13.5. The maximum absolute atomic E-state index is 10.5. The molecule has 2 heterocycles. The Morgan fingerprint density at radius 2 is 2.16 bits per heavy atom. The van der Waals surface area contributed by atoms with Crippen LogP contribution in [0.4, 0.5) is 0 Å². The largest absolute Gasteiger partial charge is 0.481 e. The molecular formula is C13H13N3O2S. The third-order valence-corrected chi connectivity index (χ3v) is 3.16. The zero-order valence-electron chi connectivity index (χ0n) is 10.4. The second-order valence-corrected chi connectivity index (χ2v) is 4.95. The van der Waals surface area contributed by atoms with Gasteiger partial charge >= 0.3 is 5.97 Å². The van der Waals surface area contributed by atoms with Gasteiger partial charge in [0, 0.05) is 17.6 Å². The summed E-state index contributed by atoms with van der Waals surface area (Å²) in [5.41, 5.74) is 2.38. The molecule has 1 N–H and O–H groups in total. The van der Waals surface area contributed by atoms with Crippen LogP contribution in [-0.2, 0) is 4.79 Å². The van der Waals surface area contributed by atoms with Gasteiger partial charge in [0.2, 0.25) is 0 Å². The van der Waals surface area contributed by atoms with E-state index in [1.807, 2.05) is 31.2 Å². The number of thioether (sulfide) groups is 1. The molecule has 98 valence electrons. The number of carboxylic acid groups (broad SMARTS) is 1. The van der Waals surface area contributed by atoms with Gasteiger partial charge in [0.15, 0.2) is 5.16 Å². The highest BCUT2D eigenvalue weighted by Crippen LogP contribution is 2.20. The van der Waals surface area contributed by atoms with Gasteiger partial charge in [-0.15, -0.1) is 0 Å². The number of nitrogens with zero attached hydrogens (tertiary/aromatic N) is 3. The second kappa shape index (κ2) is 6.29. The van der Waals surface area contributed by atoms with E-state index in [9.17, 15) is 4.79 Å². The molecule has 0 aromatic carbocycles. The molecule has 0 atom stereocenters. The van der Waals surface area contributed by atoms with Crippen LogP contribution in [0.15, 0.2) is 35.6 Å². The summed E-state index contributed by atoms with van der Waals surface area (Å²) in [7, 11) is 0. The van der Waals surface area contributed by atoms with Crippen molar-refractivity contribution >= 4 is 17.7 Å². The molecule has 0 bridgehead atoms. The van der Waals surface area contributed by atoms with Crippen LogP contribution >= 0.6 is 11.8 Å². The van der Waals surface area contributed by atoms with Gasteiger partial charge in [-0.1, -0.05) is 17.8 Å². The van der Waals surface area contributed by atoms with Gasteiger partial charge < -0.3 is 5.11 Å². The van der Waals surface area contributed by atoms with E-state index in [4.69, 9.17) is 5.11 Å². The number of carbonyl (C=O) groups is 1. The molecule has 0 spiro atoms. The lowest BCUT2D eigenvalue weighted by molar-refractivity contribution is -0.136. The van der Waals surface area contributed by atoms with E-state index in [0.29, 0.717) is 10.9 Å². The number of aliphatic carboxylic acids is 1. The predicted molar refractivity (Wildman–Crippen MR) is 73.0 cm³/mol. The molecule has 0 radical (unpaired) electrons. The first-order chi connectivity index (χ1) is 9.15. The lowest BCUT2D eigenvalue weighted by atomic mass is 10.2. The fraction of sp³-hybridized carbons (Fsp3) is 0.231. The standard InChI is InChI=1S/C13H13N3O2S/c1-9-8-11(10-4-2-3-6-14-10)16-13(15-9)19-7-5-12(17)18/h2-4,6,8H,5,7H2,1H3,(H,17,18). The molecule has 0 aliphatic rings. The van der Waals surface area contributed by atoms with Crippen molar-refractivity contribution in [3.8, 4) is 11.4 Å². The van der Waals surface area contributed by atoms with Crippen molar-refractivity contribution in [2.75, 3.05) is 5.75 Å². The number of hydrogen-bond acceptors (Lipinski definition) is 5. The van der Waals surface area contributed by atoms with E-state index in [0.717, 1.165) is 17.1 Å². The average molecular weight is 275 g/mol. The summed E-state index contributed by atoms with van der Waals surface area (Å²) in [6, 6.07) is 7.49. The summed E-state index contributed by atoms with van der Waals surface area (Å²) in [6.45, 7) is 1.88. The Kier molecular flexibility index (Phi) is 4.46. The zero-order valence-corrected chi connectivity index (χ0v) is 11.2. The van der Waals surface area contributed by atoms with Crippen LogP contribution in [0.1, 0.15) is 12.1 Å². The lowest BCUT2D eigenvalue weighted by Crippen LogP contribution is -1.99. The van der Waals surface area contributed by atoms with Gasteiger partial charge in [-0.25, -0.2) is 9.97 Å². The maximum Gasteiger partial charge on any atom is 0.304 e. The molecule has 19 heavy (non-hydrogen) atoms. The third-order valence-electron chi connectivity index (χ3n) is 2.31. The summed E-state index contributed by atoms with van der Waals surface area (Å²) < 4.78 is 0. The van der Waals surface area contributed by atoms with Crippen LogP contribution in [0, 0.1) is 6.92 Å². The Labute approximate surface area is 115 Å². The molecule has 0 aliphatic carbocycles. The number of rotatable bonds is 5. The first-order valence-corrected chi connectivity index (χ1v) is 6.75. The minimum absolute atomic E-state index is 0.0981. The Morgan fingerprint density at radius 1 is 1.32 bits per heavy atom. The predicted octanol–water partition coefficient (Wildman–Crippen LogP) is 2.41. The summed E-state index contributed by atoms with van der Waals surface area (Å²) in [6.07, 6.45) is 1.81. The number of aromatic nitrogens is 3.